The maximum absolute atomic E-state index is 11.4. The van der Waals surface area contributed by atoms with E-state index in [0.29, 0.717) is 17.7 Å². The SMILES string of the molecule is CC(=O)CCNC(=O)Nc1ccccc1C#N. The minimum absolute atomic E-state index is 0.0164. The van der Waals surface area contributed by atoms with E-state index in [1.807, 2.05) is 6.07 Å². The Labute approximate surface area is 99.4 Å². The second-order valence-corrected chi connectivity index (χ2v) is 3.49. The Morgan fingerprint density at radius 3 is 2.71 bits per heavy atom. The highest BCUT2D eigenvalue weighted by Crippen LogP contribution is 2.12. The first-order chi connectivity index (χ1) is 8.13. The molecule has 1 aromatic carbocycles. The molecule has 1 aromatic rings. The number of nitrogens with zero attached hydrogens (tertiary/aromatic N) is 1. The molecule has 0 unspecified atom stereocenters. The Kier molecular flexibility index (Phi) is 4.70. The van der Waals surface area contributed by atoms with E-state index < -0.39 is 6.03 Å². The molecule has 0 heterocycles. The lowest BCUT2D eigenvalue weighted by atomic mass is 10.2. The molecule has 88 valence electrons. The van der Waals surface area contributed by atoms with Crippen LogP contribution in [0.1, 0.15) is 18.9 Å². The largest absolute Gasteiger partial charge is 0.337 e. The van der Waals surface area contributed by atoms with Gasteiger partial charge in [0.2, 0.25) is 0 Å². The van der Waals surface area contributed by atoms with Gasteiger partial charge < -0.3 is 10.6 Å². The molecule has 0 saturated carbocycles. The van der Waals surface area contributed by atoms with Gasteiger partial charge in [0.1, 0.15) is 11.9 Å². The van der Waals surface area contributed by atoms with E-state index in [-0.39, 0.29) is 12.3 Å². The fourth-order valence-corrected chi connectivity index (χ4v) is 1.21. The van der Waals surface area contributed by atoms with E-state index in [9.17, 15) is 9.59 Å². The number of nitrogens with one attached hydrogen (secondary N) is 2. The van der Waals surface area contributed by atoms with Crippen molar-refractivity contribution in [3.05, 3.63) is 29.8 Å². The minimum atomic E-state index is -0.422. The zero-order chi connectivity index (χ0) is 12.7. The van der Waals surface area contributed by atoms with Gasteiger partial charge in [-0.15, -0.1) is 0 Å². The topological polar surface area (TPSA) is 82.0 Å². The molecule has 2 amide bonds. The second kappa shape index (κ2) is 6.28. The molecule has 5 heteroatoms. The number of rotatable bonds is 4. The molecular formula is C12H13N3O2. The summed E-state index contributed by atoms with van der Waals surface area (Å²) in [5, 5.41) is 13.9. The summed E-state index contributed by atoms with van der Waals surface area (Å²) >= 11 is 0. The van der Waals surface area contributed by atoms with E-state index in [1.165, 1.54) is 6.92 Å². The van der Waals surface area contributed by atoms with Crippen molar-refractivity contribution < 1.29 is 9.59 Å². The molecule has 17 heavy (non-hydrogen) atoms. The number of amides is 2. The Morgan fingerprint density at radius 1 is 1.35 bits per heavy atom. The number of carbonyl (C=O) groups excluding carboxylic acids is 2. The second-order valence-electron chi connectivity index (χ2n) is 3.49. The van der Waals surface area contributed by atoms with Gasteiger partial charge in [-0.3, -0.25) is 4.79 Å². The lowest BCUT2D eigenvalue weighted by Crippen LogP contribution is -2.30. The number of Topliss-reactive ketones (excluding diaryl/α,β-unsaturated/α-hetero) is 1. The maximum atomic E-state index is 11.4. The maximum Gasteiger partial charge on any atom is 0.319 e. The molecule has 0 radical (unpaired) electrons. The van der Waals surface area contributed by atoms with Gasteiger partial charge in [-0.05, 0) is 19.1 Å². The van der Waals surface area contributed by atoms with Crippen molar-refractivity contribution in [2.24, 2.45) is 0 Å². The highest BCUT2D eigenvalue weighted by atomic mass is 16.2. The van der Waals surface area contributed by atoms with Gasteiger partial charge in [-0.25, -0.2) is 4.79 Å². The fraction of sp³-hybridized carbons (Fsp3) is 0.250. The van der Waals surface area contributed by atoms with Gasteiger partial charge in [0.05, 0.1) is 11.3 Å². The molecule has 2 N–H and O–H groups in total. The molecule has 0 aliphatic rings. The average molecular weight is 231 g/mol. The van der Waals surface area contributed by atoms with Crippen LogP contribution in [0.5, 0.6) is 0 Å². The van der Waals surface area contributed by atoms with Gasteiger partial charge in [0.15, 0.2) is 0 Å². The van der Waals surface area contributed by atoms with Crippen molar-refractivity contribution in [2.75, 3.05) is 11.9 Å². The third kappa shape index (κ3) is 4.34. The Morgan fingerprint density at radius 2 is 2.06 bits per heavy atom. The smallest absolute Gasteiger partial charge is 0.319 e. The van der Waals surface area contributed by atoms with Gasteiger partial charge in [0.25, 0.3) is 0 Å². The van der Waals surface area contributed by atoms with Crippen LogP contribution in [-0.2, 0) is 4.79 Å². The summed E-state index contributed by atoms with van der Waals surface area (Å²) in [7, 11) is 0. The number of hydrogen-bond donors (Lipinski definition) is 2. The van der Waals surface area contributed by atoms with Gasteiger partial charge in [0, 0.05) is 13.0 Å². The van der Waals surface area contributed by atoms with Crippen LogP contribution in [0.4, 0.5) is 10.5 Å². The van der Waals surface area contributed by atoms with E-state index in [1.54, 1.807) is 24.3 Å². The highest BCUT2D eigenvalue weighted by Gasteiger charge is 2.05. The Bertz CT molecular complexity index is 463. The summed E-state index contributed by atoms with van der Waals surface area (Å²) in [4.78, 5) is 22.1. The molecule has 0 atom stereocenters. The third-order valence-corrected chi connectivity index (χ3v) is 2.06. The zero-order valence-corrected chi connectivity index (χ0v) is 9.49. The van der Waals surface area contributed by atoms with E-state index in [4.69, 9.17) is 5.26 Å². The molecular weight excluding hydrogens is 218 g/mol. The first-order valence-corrected chi connectivity index (χ1v) is 5.17. The first-order valence-electron chi connectivity index (χ1n) is 5.17. The van der Waals surface area contributed by atoms with Crippen LogP contribution in [0.15, 0.2) is 24.3 Å². The summed E-state index contributed by atoms with van der Waals surface area (Å²) in [6.07, 6.45) is 0.299. The van der Waals surface area contributed by atoms with Gasteiger partial charge in [-0.1, -0.05) is 12.1 Å². The van der Waals surface area contributed by atoms with E-state index in [2.05, 4.69) is 10.6 Å². The van der Waals surface area contributed by atoms with Crippen molar-refractivity contribution in [2.45, 2.75) is 13.3 Å². The highest BCUT2D eigenvalue weighted by molar-refractivity contribution is 5.91. The molecule has 0 spiro atoms. The molecule has 5 nitrogen and oxygen atoms in total. The zero-order valence-electron chi connectivity index (χ0n) is 9.49. The predicted molar refractivity (Wildman–Crippen MR) is 63.5 cm³/mol. The van der Waals surface area contributed by atoms with E-state index in [0.717, 1.165) is 0 Å². The van der Waals surface area contributed by atoms with Crippen molar-refractivity contribution in [1.29, 1.82) is 5.26 Å². The molecule has 0 fully saturated rings. The van der Waals surface area contributed by atoms with Crippen molar-refractivity contribution >= 4 is 17.5 Å². The van der Waals surface area contributed by atoms with Crippen molar-refractivity contribution in [1.82, 2.24) is 5.32 Å². The minimum Gasteiger partial charge on any atom is -0.337 e. The lowest BCUT2D eigenvalue weighted by Gasteiger charge is -2.07. The molecule has 0 bridgehead atoms. The lowest BCUT2D eigenvalue weighted by molar-refractivity contribution is -0.116. The molecule has 0 saturated heterocycles. The molecule has 1 rings (SSSR count). The quantitative estimate of drug-likeness (QED) is 0.826. The number of anilines is 1. The molecule has 0 aliphatic heterocycles. The van der Waals surface area contributed by atoms with Crippen LogP contribution in [0.25, 0.3) is 0 Å². The van der Waals surface area contributed by atoms with Crippen LogP contribution in [0.2, 0.25) is 0 Å². The Hall–Kier alpha value is -2.35. The number of urea groups is 1. The number of hydrogen-bond acceptors (Lipinski definition) is 3. The van der Waals surface area contributed by atoms with Crippen LogP contribution < -0.4 is 10.6 Å². The summed E-state index contributed by atoms with van der Waals surface area (Å²) in [5.74, 6) is 0.0164. The summed E-state index contributed by atoms with van der Waals surface area (Å²) in [6.45, 7) is 1.75. The van der Waals surface area contributed by atoms with Crippen molar-refractivity contribution in [3.63, 3.8) is 0 Å². The van der Waals surface area contributed by atoms with E-state index >= 15 is 0 Å². The number of carbonyl (C=O) groups is 2. The van der Waals surface area contributed by atoms with Gasteiger partial charge >= 0.3 is 6.03 Å². The average Bonchev–Trinajstić information content (AvgIpc) is 2.29. The first kappa shape index (κ1) is 12.7. The standard InChI is InChI=1S/C12H13N3O2/c1-9(16)6-7-14-12(17)15-11-5-3-2-4-10(11)8-13/h2-5H,6-7H2,1H3,(H2,14,15,17). The van der Waals surface area contributed by atoms with Crippen molar-refractivity contribution in [3.8, 4) is 6.07 Å². The summed E-state index contributed by atoms with van der Waals surface area (Å²) in [6, 6.07) is 8.26. The molecule has 0 aliphatic carbocycles. The number of benzene rings is 1. The number of ketones is 1. The summed E-state index contributed by atoms with van der Waals surface area (Å²) in [5.41, 5.74) is 0.851. The fourth-order valence-electron chi connectivity index (χ4n) is 1.21. The normalized spacial score (nSPS) is 9.18. The number of nitriles is 1. The van der Waals surface area contributed by atoms with Crippen LogP contribution in [0, 0.1) is 11.3 Å². The van der Waals surface area contributed by atoms with Crippen LogP contribution in [-0.4, -0.2) is 18.4 Å². The predicted octanol–water partition coefficient (Wildman–Crippen LogP) is 1.66. The Balaban J connectivity index is 2.51. The molecule has 0 aromatic heterocycles. The van der Waals surface area contributed by atoms with Crippen LogP contribution >= 0.6 is 0 Å². The van der Waals surface area contributed by atoms with Crippen LogP contribution in [0.3, 0.4) is 0 Å². The third-order valence-electron chi connectivity index (χ3n) is 2.06. The monoisotopic (exact) mass is 231 g/mol. The summed E-state index contributed by atoms with van der Waals surface area (Å²) < 4.78 is 0. The van der Waals surface area contributed by atoms with Gasteiger partial charge in [-0.2, -0.15) is 5.26 Å². The number of para-hydroxylation sites is 1.